The number of nitrogens with zero attached hydrogens (tertiary/aromatic N) is 1. The fourth-order valence-electron chi connectivity index (χ4n) is 3.33. The van der Waals surface area contributed by atoms with E-state index >= 15 is 0 Å². The van der Waals surface area contributed by atoms with Gasteiger partial charge in [-0.25, -0.2) is 4.39 Å². The number of benzene rings is 3. The second kappa shape index (κ2) is 8.23. The first-order chi connectivity index (χ1) is 14.1. The number of ether oxygens (including phenoxy) is 1. The average Bonchev–Trinajstić information content (AvgIpc) is 2.74. The summed E-state index contributed by atoms with van der Waals surface area (Å²) >= 11 is 0. The number of fused-ring (bicyclic) bond motifs is 1. The first-order valence-electron chi connectivity index (χ1n) is 9.45. The van der Waals surface area contributed by atoms with Gasteiger partial charge in [0.15, 0.2) is 23.5 Å². The van der Waals surface area contributed by atoms with Crippen LogP contribution in [0.2, 0.25) is 0 Å². The number of hydrogen-bond acceptors (Lipinski definition) is 3. The second-order valence-corrected chi connectivity index (χ2v) is 6.97. The highest BCUT2D eigenvalue weighted by molar-refractivity contribution is 5.91. The summed E-state index contributed by atoms with van der Waals surface area (Å²) in [5.41, 5.74) is 3.47. The standard InChI is InChI=1S/C25H20FNO2/c1-17-11-13-18(14-12-17)25(29-24-10-3-2-8-21(24)26)23(28)16-19-6-4-9-22-20(19)7-5-15-27-22/h2-15,25H,16H2,1H3. The molecule has 0 N–H and O–H groups in total. The molecule has 0 aliphatic rings. The Labute approximate surface area is 168 Å². The van der Waals surface area contributed by atoms with Crippen molar-refractivity contribution in [3.05, 3.63) is 108 Å². The first kappa shape index (κ1) is 18.8. The van der Waals surface area contributed by atoms with Crippen molar-refractivity contribution < 1.29 is 13.9 Å². The molecule has 0 aliphatic carbocycles. The SMILES string of the molecule is Cc1ccc(C(Oc2ccccc2F)C(=O)Cc2cccc3ncccc23)cc1. The first-order valence-corrected chi connectivity index (χ1v) is 9.45. The zero-order valence-electron chi connectivity index (χ0n) is 16.0. The van der Waals surface area contributed by atoms with Crippen molar-refractivity contribution in [3.8, 4) is 5.75 Å². The predicted molar refractivity (Wildman–Crippen MR) is 111 cm³/mol. The van der Waals surface area contributed by atoms with E-state index in [2.05, 4.69) is 4.98 Å². The highest BCUT2D eigenvalue weighted by Crippen LogP contribution is 2.28. The molecule has 4 rings (SSSR count). The summed E-state index contributed by atoms with van der Waals surface area (Å²) in [5.74, 6) is -0.578. The number of carbonyl (C=O) groups is 1. The molecular formula is C25H20FNO2. The zero-order valence-corrected chi connectivity index (χ0v) is 16.0. The topological polar surface area (TPSA) is 39.2 Å². The number of para-hydroxylation sites is 1. The molecule has 4 heteroatoms. The largest absolute Gasteiger partial charge is 0.475 e. The molecule has 3 aromatic carbocycles. The lowest BCUT2D eigenvalue weighted by Crippen LogP contribution is -2.21. The summed E-state index contributed by atoms with van der Waals surface area (Å²) in [6.45, 7) is 1.97. The summed E-state index contributed by atoms with van der Waals surface area (Å²) < 4.78 is 20.1. The molecule has 0 aliphatic heterocycles. The lowest BCUT2D eigenvalue weighted by Gasteiger charge is -2.19. The van der Waals surface area contributed by atoms with Crippen molar-refractivity contribution >= 4 is 16.7 Å². The van der Waals surface area contributed by atoms with Crippen molar-refractivity contribution in [2.45, 2.75) is 19.4 Å². The molecule has 144 valence electrons. The number of rotatable bonds is 6. The molecule has 3 nitrogen and oxygen atoms in total. The minimum atomic E-state index is -0.903. The van der Waals surface area contributed by atoms with E-state index in [0.717, 1.165) is 22.0 Å². The average molecular weight is 385 g/mol. The van der Waals surface area contributed by atoms with E-state index in [1.54, 1.807) is 18.3 Å². The normalized spacial score (nSPS) is 11.9. The Bertz CT molecular complexity index is 1150. The molecule has 4 aromatic rings. The highest BCUT2D eigenvalue weighted by Gasteiger charge is 2.24. The minimum absolute atomic E-state index is 0.0611. The van der Waals surface area contributed by atoms with Crippen LogP contribution in [0.15, 0.2) is 85.1 Å². The van der Waals surface area contributed by atoms with Gasteiger partial charge < -0.3 is 4.74 Å². The van der Waals surface area contributed by atoms with Gasteiger partial charge in [-0.2, -0.15) is 0 Å². The number of hydrogen-bond donors (Lipinski definition) is 0. The monoisotopic (exact) mass is 385 g/mol. The number of carbonyl (C=O) groups excluding carboxylic acids is 1. The molecule has 0 radical (unpaired) electrons. The summed E-state index contributed by atoms with van der Waals surface area (Å²) in [6, 6.07) is 23.2. The van der Waals surface area contributed by atoms with Crippen molar-refractivity contribution in [1.29, 1.82) is 0 Å². The van der Waals surface area contributed by atoms with Crippen LogP contribution in [0, 0.1) is 12.7 Å². The molecule has 0 saturated carbocycles. The Balaban J connectivity index is 1.69. The molecule has 1 unspecified atom stereocenters. The van der Waals surface area contributed by atoms with Crippen LogP contribution in [-0.4, -0.2) is 10.8 Å². The smallest absolute Gasteiger partial charge is 0.182 e. The highest BCUT2D eigenvalue weighted by atomic mass is 19.1. The van der Waals surface area contributed by atoms with E-state index in [1.807, 2.05) is 61.5 Å². The summed E-state index contributed by atoms with van der Waals surface area (Å²) in [5, 5.41) is 0.928. The van der Waals surface area contributed by atoms with Gasteiger partial charge in [0.05, 0.1) is 5.52 Å². The molecule has 1 atom stereocenters. The Morgan fingerprint density at radius 1 is 0.966 bits per heavy atom. The molecule has 29 heavy (non-hydrogen) atoms. The van der Waals surface area contributed by atoms with Gasteiger partial charge in [0.1, 0.15) is 0 Å². The van der Waals surface area contributed by atoms with Gasteiger partial charge in [-0.15, -0.1) is 0 Å². The Kier molecular flexibility index (Phi) is 5.34. The molecule has 1 aromatic heterocycles. The molecule has 0 fully saturated rings. The van der Waals surface area contributed by atoms with Crippen LogP contribution in [0.4, 0.5) is 4.39 Å². The lowest BCUT2D eigenvalue weighted by atomic mass is 9.97. The Hall–Kier alpha value is -3.53. The molecule has 0 spiro atoms. The van der Waals surface area contributed by atoms with Crippen molar-refractivity contribution in [2.75, 3.05) is 0 Å². The number of aromatic nitrogens is 1. The van der Waals surface area contributed by atoms with Gasteiger partial charge >= 0.3 is 0 Å². The van der Waals surface area contributed by atoms with Crippen LogP contribution < -0.4 is 4.74 Å². The third-order valence-corrected chi connectivity index (χ3v) is 4.85. The van der Waals surface area contributed by atoms with E-state index < -0.39 is 11.9 Å². The maximum Gasteiger partial charge on any atom is 0.182 e. The fourth-order valence-corrected chi connectivity index (χ4v) is 3.33. The summed E-state index contributed by atoms with van der Waals surface area (Å²) in [6.07, 6.45) is 0.986. The van der Waals surface area contributed by atoms with Gasteiger partial charge in [0.2, 0.25) is 0 Å². The molecule has 0 saturated heterocycles. The molecule has 0 amide bonds. The van der Waals surface area contributed by atoms with E-state index in [0.29, 0.717) is 5.56 Å². The fraction of sp³-hybridized carbons (Fsp3) is 0.120. The van der Waals surface area contributed by atoms with Crippen LogP contribution in [-0.2, 0) is 11.2 Å². The number of aryl methyl sites for hydroxylation is 1. The van der Waals surface area contributed by atoms with E-state index in [9.17, 15) is 9.18 Å². The molecule has 1 heterocycles. The van der Waals surface area contributed by atoms with Gasteiger partial charge in [-0.05, 0) is 42.3 Å². The van der Waals surface area contributed by atoms with Gasteiger partial charge in [-0.1, -0.05) is 60.2 Å². The maximum absolute atomic E-state index is 14.2. The zero-order chi connectivity index (χ0) is 20.2. The lowest BCUT2D eigenvalue weighted by molar-refractivity contribution is -0.125. The van der Waals surface area contributed by atoms with E-state index in [4.69, 9.17) is 4.74 Å². The number of pyridine rings is 1. The van der Waals surface area contributed by atoms with Gasteiger partial charge in [0.25, 0.3) is 0 Å². The van der Waals surface area contributed by atoms with Crippen LogP contribution in [0.3, 0.4) is 0 Å². The maximum atomic E-state index is 14.2. The summed E-state index contributed by atoms with van der Waals surface area (Å²) in [7, 11) is 0. The van der Waals surface area contributed by atoms with E-state index in [1.165, 1.54) is 12.1 Å². The molecule has 0 bridgehead atoms. The van der Waals surface area contributed by atoms with E-state index in [-0.39, 0.29) is 18.0 Å². The Morgan fingerprint density at radius 3 is 2.55 bits per heavy atom. The van der Waals surface area contributed by atoms with Gasteiger partial charge in [0, 0.05) is 18.0 Å². The third-order valence-electron chi connectivity index (χ3n) is 4.85. The van der Waals surface area contributed by atoms with Crippen LogP contribution in [0.1, 0.15) is 22.8 Å². The van der Waals surface area contributed by atoms with Crippen molar-refractivity contribution in [2.24, 2.45) is 0 Å². The number of ketones is 1. The third kappa shape index (κ3) is 4.16. The van der Waals surface area contributed by atoms with Crippen molar-refractivity contribution in [1.82, 2.24) is 4.98 Å². The summed E-state index contributed by atoms with van der Waals surface area (Å²) in [4.78, 5) is 17.6. The van der Waals surface area contributed by atoms with Crippen LogP contribution in [0.5, 0.6) is 5.75 Å². The molecular weight excluding hydrogens is 365 g/mol. The Morgan fingerprint density at radius 2 is 1.76 bits per heavy atom. The van der Waals surface area contributed by atoms with Crippen molar-refractivity contribution in [3.63, 3.8) is 0 Å². The quantitative estimate of drug-likeness (QED) is 0.433. The number of halogens is 1. The van der Waals surface area contributed by atoms with Crippen LogP contribution >= 0.6 is 0 Å². The van der Waals surface area contributed by atoms with Gasteiger partial charge in [-0.3, -0.25) is 9.78 Å². The predicted octanol–water partition coefficient (Wildman–Crippen LogP) is 5.61. The van der Waals surface area contributed by atoms with Crippen LogP contribution in [0.25, 0.3) is 10.9 Å². The second-order valence-electron chi connectivity index (χ2n) is 6.97. The number of Topliss-reactive ketones (excluding diaryl/α,β-unsaturated/α-hetero) is 1. The minimum Gasteiger partial charge on any atom is -0.475 e.